The minimum atomic E-state index is -0.513. The number of fused-ring (bicyclic) bond motifs is 3. The van der Waals surface area contributed by atoms with E-state index < -0.39 is 46.4 Å². The highest BCUT2D eigenvalue weighted by Crippen LogP contribution is 2.40. The number of ether oxygens (including phenoxy) is 9. The molecule has 0 aliphatic carbocycles. The van der Waals surface area contributed by atoms with Crippen molar-refractivity contribution < 1.29 is 84.9 Å². The second kappa shape index (κ2) is 49.0. The number of rotatable bonds is 27. The summed E-state index contributed by atoms with van der Waals surface area (Å²) in [6, 6.07) is 36.1. The van der Waals surface area contributed by atoms with Crippen LogP contribution in [0.3, 0.4) is 0 Å². The zero-order valence-corrected chi connectivity index (χ0v) is 85.3. The third-order valence-corrected chi connectivity index (χ3v) is 26.3. The van der Waals surface area contributed by atoms with Crippen molar-refractivity contribution in [1.29, 1.82) is 0 Å². The molecule has 6 saturated heterocycles. The van der Waals surface area contributed by atoms with Crippen LogP contribution in [0.15, 0.2) is 146 Å². The summed E-state index contributed by atoms with van der Waals surface area (Å²) in [4.78, 5) is 98.5. The molecule has 0 unspecified atom stereocenters. The van der Waals surface area contributed by atoms with Crippen molar-refractivity contribution >= 4 is 96.4 Å². The molecule has 6 aromatic heterocycles. The summed E-state index contributed by atoms with van der Waals surface area (Å²) in [6.45, 7) is 22.5. The summed E-state index contributed by atoms with van der Waals surface area (Å²) < 4.78 is 93.4. The molecule has 6 fully saturated rings. The van der Waals surface area contributed by atoms with Crippen LogP contribution < -0.4 is 52.7 Å². The molecule has 11 N–H and O–H groups in total. The van der Waals surface area contributed by atoms with Gasteiger partial charge in [-0.05, 0) is 164 Å². The molecule has 18 rings (SSSR count). The Morgan fingerprint density at radius 2 is 0.738 bits per heavy atom. The molecule has 12 aromatic rings. The average molecular weight is 2070 g/mol. The molecule has 43 heteroatoms. The van der Waals surface area contributed by atoms with Crippen molar-refractivity contribution in [1.82, 2.24) is 105 Å². The van der Waals surface area contributed by atoms with E-state index >= 15 is 0 Å². The number of nitrogen functional groups attached to an aromatic ring is 3. The van der Waals surface area contributed by atoms with E-state index in [0.29, 0.717) is 89.7 Å². The van der Waals surface area contributed by atoms with Gasteiger partial charge in [-0.25, -0.2) is 66.7 Å². The number of nitrogens with one attached hydrogen (secondary N) is 4. The number of nitrogens with zero attached hydrogens (tertiary/aromatic N) is 17. The SMILES string of the molecule is CC(C)(C)OC(=O)N1CC(O)C1.COC(CBr)OC.COc1ccc(F)cc1C(=O)NCc1ccc(-c2nn(C3CCN(C4CN(C(=O)OC(C)(C)C)C4)CC3)c3ncnc(N)c23)cc1.COc1ccc(F)cc1C(=O)NCc1ccc(-c2nn(C3CCN(C4CN(CC(OC)OC)C4)CC3)c3ncnc(N)c23)cc1.COc1ccc(F)cc1C(=O)NCc1ccc(-c2nn(C3CCNCC3)c3ncnc(N)c23)cc1. The summed E-state index contributed by atoms with van der Waals surface area (Å²) in [7, 11) is 10.9. The molecule has 0 atom stereocenters. The molecule has 145 heavy (non-hydrogen) atoms. The Kier molecular flexibility index (Phi) is 36.3. The van der Waals surface area contributed by atoms with Crippen molar-refractivity contribution in [3.63, 3.8) is 0 Å². The van der Waals surface area contributed by atoms with E-state index in [1.54, 1.807) is 33.3 Å². The third kappa shape index (κ3) is 27.1. The average Bonchev–Trinajstić information content (AvgIpc) is 1.61. The van der Waals surface area contributed by atoms with Gasteiger partial charge in [0.25, 0.3) is 17.7 Å². The molecule has 0 radical (unpaired) electrons. The van der Waals surface area contributed by atoms with Crippen LogP contribution in [0.2, 0.25) is 0 Å². The lowest BCUT2D eigenvalue weighted by Gasteiger charge is -2.48. The maximum absolute atomic E-state index is 13.7. The Morgan fingerprint density at radius 1 is 0.428 bits per heavy atom. The molecule has 0 spiro atoms. The Balaban J connectivity index is 0.000000158. The van der Waals surface area contributed by atoms with Crippen molar-refractivity contribution in [2.75, 3.05) is 157 Å². The first kappa shape index (κ1) is 107. The van der Waals surface area contributed by atoms with Gasteiger partial charge in [-0.2, -0.15) is 15.3 Å². The minimum absolute atomic E-state index is 0.0972. The minimum Gasteiger partial charge on any atom is -0.496 e. The number of alkyl halides is 1. The fourth-order valence-corrected chi connectivity index (χ4v) is 18.4. The van der Waals surface area contributed by atoms with Gasteiger partial charge in [0.1, 0.15) is 99.4 Å². The van der Waals surface area contributed by atoms with Gasteiger partial charge in [0, 0.05) is 136 Å². The van der Waals surface area contributed by atoms with Crippen molar-refractivity contribution in [2.45, 2.75) is 160 Å². The first-order valence-electron chi connectivity index (χ1n) is 48.0. The number of aliphatic hydroxyl groups is 1. The monoisotopic (exact) mass is 2060 g/mol. The number of β-amino-alcohol motifs (C(OH)–C–C–N with tert-alkyl or cyclic N) is 1. The van der Waals surface area contributed by atoms with Gasteiger partial charge in [-0.1, -0.05) is 88.7 Å². The van der Waals surface area contributed by atoms with E-state index in [-0.39, 0.29) is 85.3 Å². The zero-order valence-electron chi connectivity index (χ0n) is 83.7. The summed E-state index contributed by atoms with van der Waals surface area (Å²) in [5.74, 6) is -0.714. The normalized spacial score (nSPS) is 15.9. The standard InChI is InChI=1S/C33H39FN8O4.C32H39FN8O4.C25H26FN7O2.C8H15NO3.C4H9BrO2/c1-33(2,3)46-32(44)41-17-24(18-41)40-13-11-23(12-14-40)42-30-27(29(35)37-19-38-30)28(39-42)21-7-5-20(6-8-21)16-36-31(43)25-15-22(34)9-10-26(25)45-4;1-43-26-9-8-22(33)14-25(26)32(42)35-15-20-4-6-21(7-5-20)29-28-30(34)36-19-37-31(28)41(38-29)23-10-12-40(13-11-23)24-16-39(17-24)18-27(44-2)45-3;1-35-20-7-6-17(26)12-19(20)25(34)29-13-15-2-4-16(5-3-15)22-21-23(27)30-14-31-24(21)33(32-22)18-8-10-28-11-9-18;1-8(2,3)12-7(11)9-4-6(10)5-9;1-6-4(3-5)7-2/h5-10,15,19,23-24H,11-14,16-18H2,1-4H3,(H,36,43)(H2,35,37,38);4-9,14,19,23-24,27H,10-13,15-18H2,1-3H3,(H,35,42)(H2,34,36,37);2-7,12,14,18,28H,8-11,13H2,1H3,(H,29,34)(H2,27,30,31);6,10H,4-5H2,1-3H3;4H,3H2,1-2H3. The summed E-state index contributed by atoms with van der Waals surface area (Å²) in [6.07, 6.45) is 8.81. The topological polar surface area (TPSA) is 462 Å². The third-order valence-electron chi connectivity index (χ3n) is 25.7. The maximum Gasteiger partial charge on any atom is 0.410 e. The van der Waals surface area contributed by atoms with E-state index in [0.717, 1.165) is 188 Å². The lowest BCUT2D eigenvalue weighted by Crippen LogP contribution is -2.62. The van der Waals surface area contributed by atoms with Gasteiger partial charge >= 0.3 is 12.2 Å². The van der Waals surface area contributed by atoms with Crippen LogP contribution in [0.1, 0.15) is 146 Å². The Hall–Kier alpha value is -13.4. The number of aromatic nitrogens is 12. The maximum atomic E-state index is 13.7. The van der Waals surface area contributed by atoms with Crippen molar-refractivity contribution in [3.05, 3.63) is 197 Å². The highest BCUT2D eigenvalue weighted by molar-refractivity contribution is 9.09. The van der Waals surface area contributed by atoms with E-state index in [2.05, 4.69) is 81.8 Å². The smallest absolute Gasteiger partial charge is 0.410 e. The van der Waals surface area contributed by atoms with Gasteiger partial charge in [0.05, 0.1) is 96.8 Å². The molecule has 0 saturated carbocycles. The molecule has 5 amide bonds. The molecular weight excluding hydrogens is 1940 g/mol. The predicted molar refractivity (Wildman–Crippen MR) is 544 cm³/mol. The van der Waals surface area contributed by atoms with Crippen molar-refractivity contribution in [3.8, 4) is 51.0 Å². The summed E-state index contributed by atoms with van der Waals surface area (Å²) in [5.41, 5.74) is 28.0. The lowest BCUT2D eigenvalue weighted by molar-refractivity contribution is -0.131. The molecule has 39 nitrogen and oxygen atoms in total. The molecule has 0 bridgehead atoms. The number of aliphatic hydroxyl groups excluding tert-OH is 1. The number of nitrogens with two attached hydrogens (primary N) is 3. The largest absolute Gasteiger partial charge is 0.496 e. The fraction of sp³-hybridized carbons (Fsp3) is 0.451. The van der Waals surface area contributed by atoms with E-state index in [1.807, 2.05) is 128 Å². The number of halogens is 4. The van der Waals surface area contributed by atoms with Gasteiger partial charge < -0.3 is 96.0 Å². The summed E-state index contributed by atoms with van der Waals surface area (Å²) >= 11 is 3.19. The molecule has 6 aromatic carbocycles. The van der Waals surface area contributed by atoms with Crippen LogP contribution in [0.5, 0.6) is 17.2 Å². The van der Waals surface area contributed by atoms with E-state index in [4.69, 9.17) is 80.2 Å². The highest BCUT2D eigenvalue weighted by Gasteiger charge is 2.41. The van der Waals surface area contributed by atoms with E-state index in [9.17, 15) is 37.1 Å². The summed E-state index contributed by atoms with van der Waals surface area (Å²) in [5, 5.41) is 38.6. The van der Waals surface area contributed by atoms with Gasteiger partial charge in [-0.15, -0.1) is 0 Å². The van der Waals surface area contributed by atoms with E-state index in [1.165, 1.54) is 81.6 Å². The first-order chi connectivity index (χ1) is 69.7. The number of likely N-dealkylation sites (tertiary alicyclic amines) is 5. The van der Waals surface area contributed by atoms with Gasteiger partial charge in [0.15, 0.2) is 29.5 Å². The van der Waals surface area contributed by atoms with Crippen molar-refractivity contribution in [2.24, 2.45) is 0 Å². The van der Waals surface area contributed by atoms with Crippen LogP contribution >= 0.6 is 15.9 Å². The van der Waals surface area contributed by atoms with Crippen LogP contribution in [-0.2, 0) is 48.1 Å². The first-order valence-corrected chi connectivity index (χ1v) is 49.1. The Labute approximate surface area is 847 Å². The number of hydrogen-bond donors (Lipinski definition) is 8. The number of carbonyl (C=O) groups excluding carboxylic acids is 5. The number of piperidine rings is 3. The molecular formula is C102H128BrF3N24O15. The van der Waals surface area contributed by atoms with Gasteiger partial charge in [0.2, 0.25) is 0 Å². The highest BCUT2D eigenvalue weighted by atomic mass is 79.9. The number of hydrogen-bond acceptors (Lipinski definition) is 31. The Morgan fingerprint density at radius 3 is 1.03 bits per heavy atom. The number of methoxy groups -OCH3 is 7. The van der Waals surface area contributed by atoms with Crippen LogP contribution in [0, 0.1) is 17.5 Å². The number of anilines is 3. The van der Waals surface area contributed by atoms with Crippen LogP contribution in [-0.4, -0.2) is 301 Å². The second-order valence-corrected chi connectivity index (χ2v) is 38.5. The molecule has 6 aliphatic heterocycles. The fourth-order valence-electron chi connectivity index (χ4n) is 17.8. The molecule has 6 aliphatic rings. The number of benzene rings is 6. The van der Waals surface area contributed by atoms with Gasteiger partial charge in [-0.3, -0.25) is 29.1 Å². The lowest BCUT2D eigenvalue weighted by atomic mass is 9.99. The Bertz CT molecular complexity index is 6400. The number of amides is 5. The predicted octanol–water partition coefficient (Wildman–Crippen LogP) is 12.2. The van der Waals surface area contributed by atoms with Crippen LogP contribution in [0.25, 0.3) is 66.9 Å². The van der Waals surface area contributed by atoms with Crippen LogP contribution in [0.4, 0.5) is 40.2 Å². The molecule has 774 valence electrons. The second-order valence-electron chi connectivity index (χ2n) is 37.8. The molecule has 12 heterocycles. The quantitative estimate of drug-likeness (QED) is 0.0175. The zero-order chi connectivity index (χ0) is 104. The number of carbonyl (C=O) groups is 5.